The smallest absolute Gasteiger partial charge is 0.222 e. The van der Waals surface area contributed by atoms with Gasteiger partial charge in [-0.05, 0) is 21.8 Å². The summed E-state index contributed by atoms with van der Waals surface area (Å²) in [6.07, 6.45) is 1.72. The zero-order valence-corrected chi connectivity index (χ0v) is 12.5. The maximum atomic E-state index is 5.65. The van der Waals surface area contributed by atoms with Crippen LogP contribution in [0.25, 0.3) is 0 Å². The summed E-state index contributed by atoms with van der Waals surface area (Å²) in [6, 6.07) is 0. The average molecular weight is 314 g/mol. The minimum absolute atomic E-state index is 0.331. The molecule has 0 amide bonds. The second-order valence-corrected chi connectivity index (χ2v) is 5.94. The molecule has 6 heteroatoms. The SMILES string of the molecule is CC(C)CN1CCN(c2nc(N)ncc2Br)CC1. The Hall–Kier alpha value is -0.880. The minimum Gasteiger partial charge on any atom is -0.368 e. The molecule has 18 heavy (non-hydrogen) atoms. The van der Waals surface area contributed by atoms with Gasteiger partial charge in [0.05, 0.1) is 4.47 Å². The van der Waals surface area contributed by atoms with Crippen LogP contribution in [0.2, 0.25) is 0 Å². The molecule has 0 bridgehead atoms. The van der Waals surface area contributed by atoms with E-state index in [-0.39, 0.29) is 0 Å². The summed E-state index contributed by atoms with van der Waals surface area (Å²) >= 11 is 3.49. The summed E-state index contributed by atoms with van der Waals surface area (Å²) in [5.41, 5.74) is 5.65. The second-order valence-electron chi connectivity index (χ2n) is 5.08. The van der Waals surface area contributed by atoms with Gasteiger partial charge in [-0.25, -0.2) is 4.98 Å². The minimum atomic E-state index is 0.331. The van der Waals surface area contributed by atoms with Crippen molar-refractivity contribution in [2.45, 2.75) is 13.8 Å². The van der Waals surface area contributed by atoms with E-state index in [1.165, 1.54) is 6.54 Å². The number of rotatable bonds is 3. The topological polar surface area (TPSA) is 58.3 Å². The van der Waals surface area contributed by atoms with Crippen molar-refractivity contribution in [3.05, 3.63) is 10.7 Å². The molecule has 1 aromatic heterocycles. The average Bonchev–Trinajstić information content (AvgIpc) is 2.33. The fraction of sp³-hybridized carbons (Fsp3) is 0.667. The first-order chi connectivity index (χ1) is 8.56. The molecule has 100 valence electrons. The van der Waals surface area contributed by atoms with Gasteiger partial charge in [-0.1, -0.05) is 13.8 Å². The fourth-order valence-electron chi connectivity index (χ4n) is 2.25. The number of anilines is 2. The summed E-state index contributed by atoms with van der Waals surface area (Å²) in [4.78, 5) is 13.0. The Kier molecular flexibility index (Phi) is 4.40. The summed E-state index contributed by atoms with van der Waals surface area (Å²) < 4.78 is 0.911. The molecular formula is C12H20BrN5. The molecular weight excluding hydrogens is 294 g/mol. The van der Waals surface area contributed by atoms with Crippen molar-refractivity contribution in [1.82, 2.24) is 14.9 Å². The first-order valence-corrected chi connectivity index (χ1v) is 7.11. The van der Waals surface area contributed by atoms with Gasteiger partial charge in [0.25, 0.3) is 0 Å². The number of hydrogen-bond acceptors (Lipinski definition) is 5. The summed E-state index contributed by atoms with van der Waals surface area (Å²) in [6.45, 7) is 9.82. The second kappa shape index (κ2) is 5.84. The predicted molar refractivity (Wildman–Crippen MR) is 77.6 cm³/mol. The highest BCUT2D eigenvalue weighted by atomic mass is 79.9. The van der Waals surface area contributed by atoms with Crippen LogP contribution in [-0.4, -0.2) is 47.6 Å². The Morgan fingerprint density at radius 2 is 2.00 bits per heavy atom. The third-order valence-corrected chi connectivity index (χ3v) is 3.60. The largest absolute Gasteiger partial charge is 0.368 e. The standard InChI is InChI=1S/C12H20BrN5/c1-9(2)8-17-3-5-18(6-4-17)11-10(13)7-15-12(14)16-11/h7,9H,3-6,8H2,1-2H3,(H2,14,15,16). The Balaban J connectivity index is 1.99. The van der Waals surface area contributed by atoms with E-state index in [2.05, 4.69) is 49.5 Å². The first-order valence-electron chi connectivity index (χ1n) is 6.31. The van der Waals surface area contributed by atoms with Crippen LogP contribution in [0.4, 0.5) is 11.8 Å². The molecule has 0 aromatic carbocycles. The monoisotopic (exact) mass is 313 g/mol. The summed E-state index contributed by atoms with van der Waals surface area (Å²) in [5.74, 6) is 1.96. The molecule has 1 aromatic rings. The van der Waals surface area contributed by atoms with Gasteiger partial charge in [-0.2, -0.15) is 4.98 Å². The molecule has 0 atom stereocenters. The van der Waals surface area contributed by atoms with E-state index in [1.54, 1.807) is 6.20 Å². The zero-order valence-electron chi connectivity index (χ0n) is 10.9. The van der Waals surface area contributed by atoms with Gasteiger partial charge < -0.3 is 10.6 Å². The lowest BCUT2D eigenvalue weighted by Crippen LogP contribution is -2.47. The van der Waals surface area contributed by atoms with Crippen molar-refractivity contribution >= 4 is 27.7 Å². The van der Waals surface area contributed by atoms with Crippen LogP contribution in [0.3, 0.4) is 0 Å². The molecule has 1 fully saturated rings. The van der Waals surface area contributed by atoms with Crippen molar-refractivity contribution in [2.75, 3.05) is 43.4 Å². The van der Waals surface area contributed by atoms with Gasteiger partial charge in [0.1, 0.15) is 5.82 Å². The zero-order chi connectivity index (χ0) is 13.1. The molecule has 5 nitrogen and oxygen atoms in total. The molecule has 0 saturated carbocycles. The van der Waals surface area contributed by atoms with Crippen LogP contribution in [-0.2, 0) is 0 Å². The Morgan fingerprint density at radius 1 is 1.33 bits per heavy atom. The molecule has 0 spiro atoms. The van der Waals surface area contributed by atoms with Crippen LogP contribution in [0.5, 0.6) is 0 Å². The molecule has 0 aliphatic carbocycles. The molecule has 0 radical (unpaired) electrons. The van der Waals surface area contributed by atoms with E-state index in [0.29, 0.717) is 5.95 Å². The molecule has 1 aliphatic rings. The van der Waals surface area contributed by atoms with E-state index < -0.39 is 0 Å². The highest BCUT2D eigenvalue weighted by Gasteiger charge is 2.20. The number of halogens is 1. The van der Waals surface area contributed by atoms with Crippen molar-refractivity contribution < 1.29 is 0 Å². The van der Waals surface area contributed by atoms with Crippen LogP contribution < -0.4 is 10.6 Å². The normalized spacial score (nSPS) is 17.4. The summed E-state index contributed by atoms with van der Waals surface area (Å²) in [7, 11) is 0. The molecule has 2 N–H and O–H groups in total. The van der Waals surface area contributed by atoms with E-state index in [1.807, 2.05) is 0 Å². The molecule has 1 saturated heterocycles. The number of aromatic nitrogens is 2. The van der Waals surface area contributed by atoms with Crippen molar-refractivity contribution in [3.63, 3.8) is 0 Å². The van der Waals surface area contributed by atoms with Gasteiger partial charge in [0.2, 0.25) is 5.95 Å². The lowest BCUT2D eigenvalue weighted by Gasteiger charge is -2.36. The Bertz CT molecular complexity index is 401. The third-order valence-electron chi connectivity index (χ3n) is 3.04. The number of piperazine rings is 1. The lowest BCUT2D eigenvalue weighted by molar-refractivity contribution is 0.231. The van der Waals surface area contributed by atoms with Crippen LogP contribution >= 0.6 is 15.9 Å². The van der Waals surface area contributed by atoms with Gasteiger partial charge in [0.15, 0.2) is 0 Å². The van der Waals surface area contributed by atoms with E-state index in [4.69, 9.17) is 5.73 Å². The quantitative estimate of drug-likeness (QED) is 0.918. The van der Waals surface area contributed by atoms with Crippen molar-refractivity contribution in [1.29, 1.82) is 0 Å². The molecule has 2 heterocycles. The van der Waals surface area contributed by atoms with Gasteiger partial charge in [-0.3, -0.25) is 4.90 Å². The van der Waals surface area contributed by atoms with Crippen molar-refractivity contribution in [2.24, 2.45) is 5.92 Å². The van der Waals surface area contributed by atoms with E-state index in [9.17, 15) is 0 Å². The maximum absolute atomic E-state index is 5.65. The molecule has 2 rings (SSSR count). The third kappa shape index (κ3) is 3.32. The van der Waals surface area contributed by atoms with Gasteiger partial charge >= 0.3 is 0 Å². The van der Waals surface area contributed by atoms with Crippen LogP contribution in [0.1, 0.15) is 13.8 Å². The highest BCUT2D eigenvalue weighted by Crippen LogP contribution is 2.24. The first kappa shape index (κ1) is 13.5. The number of hydrogen-bond donors (Lipinski definition) is 1. The van der Waals surface area contributed by atoms with Gasteiger partial charge in [-0.15, -0.1) is 0 Å². The molecule has 1 aliphatic heterocycles. The number of nitrogens with zero attached hydrogens (tertiary/aromatic N) is 4. The van der Waals surface area contributed by atoms with Crippen LogP contribution in [0, 0.1) is 5.92 Å². The van der Waals surface area contributed by atoms with E-state index >= 15 is 0 Å². The predicted octanol–water partition coefficient (Wildman–Crippen LogP) is 1.60. The van der Waals surface area contributed by atoms with Gasteiger partial charge in [0, 0.05) is 38.9 Å². The fourth-order valence-corrected chi connectivity index (χ4v) is 2.69. The highest BCUT2D eigenvalue weighted by molar-refractivity contribution is 9.10. The molecule has 0 unspecified atom stereocenters. The van der Waals surface area contributed by atoms with Crippen LogP contribution in [0.15, 0.2) is 10.7 Å². The number of nitrogen functional groups attached to an aromatic ring is 1. The maximum Gasteiger partial charge on any atom is 0.222 e. The Labute approximate surface area is 117 Å². The number of nitrogens with two attached hydrogens (primary N) is 1. The Morgan fingerprint density at radius 3 is 2.61 bits per heavy atom. The lowest BCUT2D eigenvalue weighted by atomic mass is 10.2. The summed E-state index contributed by atoms with van der Waals surface area (Å²) in [5, 5.41) is 0. The van der Waals surface area contributed by atoms with E-state index in [0.717, 1.165) is 42.4 Å². The van der Waals surface area contributed by atoms with Crippen molar-refractivity contribution in [3.8, 4) is 0 Å².